The van der Waals surface area contributed by atoms with Crippen LogP contribution in [0.2, 0.25) is 0 Å². The van der Waals surface area contributed by atoms with Crippen LogP contribution in [0.3, 0.4) is 0 Å². The molecular weight excluding hydrogens is 346 g/mol. The maximum absolute atomic E-state index is 12.7. The molecule has 0 radical (unpaired) electrons. The normalized spacial score (nSPS) is 24.3. The highest BCUT2D eigenvalue weighted by molar-refractivity contribution is 7.17. The van der Waals surface area contributed by atoms with Crippen molar-refractivity contribution in [2.24, 2.45) is 5.92 Å². The molecule has 0 spiro atoms. The third-order valence-electron chi connectivity index (χ3n) is 5.31. The summed E-state index contributed by atoms with van der Waals surface area (Å²) < 4.78 is 0. The summed E-state index contributed by atoms with van der Waals surface area (Å²) in [6.45, 7) is 4.80. The number of piperidine rings is 3. The number of carbonyl (C=O) groups is 2. The summed E-state index contributed by atoms with van der Waals surface area (Å²) in [6, 6.07) is 11.8. The van der Waals surface area contributed by atoms with Crippen LogP contribution < -0.4 is 10.6 Å². The van der Waals surface area contributed by atoms with E-state index >= 15 is 0 Å². The largest absolute Gasteiger partial charge is 0.347 e. The van der Waals surface area contributed by atoms with Crippen LogP contribution in [0, 0.1) is 5.92 Å². The number of amides is 2. The molecule has 3 fully saturated rings. The van der Waals surface area contributed by atoms with Gasteiger partial charge in [0.15, 0.2) is 0 Å². The van der Waals surface area contributed by atoms with E-state index in [-0.39, 0.29) is 17.9 Å². The van der Waals surface area contributed by atoms with Crippen LogP contribution in [0.1, 0.15) is 29.4 Å². The van der Waals surface area contributed by atoms with Gasteiger partial charge in [-0.15, -0.1) is 11.3 Å². The number of nitrogens with zero attached hydrogens (tertiary/aromatic N) is 1. The summed E-state index contributed by atoms with van der Waals surface area (Å²) >= 11 is 1.47. The molecule has 1 atom stereocenters. The first kappa shape index (κ1) is 17.2. The summed E-state index contributed by atoms with van der Waals surface area (Å²) in [7, 11) is 0. The highest BCUT2D eigenvalue weighted by atomic mass is 32.1. The molecule has 4 heterocycles. The first-order valence-electron chi connectivity index (χ1n) is 9.10. The van der Waals surface area contributed by atoms with Crippen LogP contribution in [0.15, 0.2) is 36.4 Å². The Morgan fingerprint density at radius 2 is 1.88 bits per heavy atom. The number of carbonyl (C=O) groups excluding carboxylic acids is 2. The lowest BCUT2D eigenvalue weighted by Crippen LogP contribution is -2.57. The monoisotopic (exact) mass is 369 g/mol. The predicted octanol–water partition coefficient (Wildman–Crippen LogP) is 3.20. The zero-order chi connectivity index (χ0) is 18.1. The van der Waals surface area contributed by atoms with Crippen molar-refractivity contribution in [3.05, 3.63) is 41.3 Å². The molecule has 5 nitrogen and oxygen atoms in total. The van der Waals surface area contributed by atoms with Gasteiger partial charge in [0.25, 0.3) is 5.91 Å². The van der Waals surface area contributed by atoms with E-state index in [2.05, 4.69) is 15.5 Å². The van der Waals surface area contributed by atoms with Crippen molar-refractivity contribution in [1.29, 1.82) is 0 Å². The van der Waals surface area contributed by atoms with Gasteiger partial charge < -0.3 is 15.5 Å². The van der Waals surface area contributed by atoms with E-state index in [1.165, 1.54) is 44.2 Å². The highest BCUT2D eigenvalue weighted by Crippen LogP contribution is 2.34. The van der Waals surface area contributed by atoms with Gasteiger partial charge in [-0.3, -0.25) is 9.59 Å². The molecule has 1 aromatic carbocycles. The number of hydrogen-bond acceptors (Lipinski definition) is 4. The molecule has 0 saturated carbocycles. The Kier molecular flexibility index (Phi) is 4.78. The van der Waals surface area contributed by atoms with E-state index in [1.54, 1.807) is 0 Å². The van der Waals surface area contributed by atoms with Crippen LogP contribution in [-0.2, 0) is 4.79 Å². The van der Waals surface area contributed by atoms with Gasteiger partial charge in [-0.25, -0.2) is 0 Å². The maximum atomic E-state index is 12.7. The number of thiophene rings is 1. The van der Waals surface area contributed by atoms with Crippen molar-refractivity contribution >= 4 is 28.8 Å². The summed E-state index contributed by atoms with van der Waals surface area (Å²) in [5.74, 6) is 0.523. The summed E-state index contributed by atoms with van der Waals surface area (Å²) in [5, 5.41) is 6.09. The van der Waals surface area contributed by atoms with Gasteiger partial charge in [0.2, 0.25) is 5.91 Å². The summed E-state index contributed by atoms with van der Waals surface area (Å²) in [6.07, 6.45) is 2.37. The standard InChI is InChI=1S/C20H23N3O2S/c1-13(24)21-16-5-3-2-4-15(16)18-6-7-19(26-18)20(25)22-17-12-23-10-8-14(17)9-11-23/h2-7,14,17H,8-12H2,1H3,(H,21,24)(H,22,25). The quantitative estimate of drug-likeness (QED) is 0.870. The van der Waals surface area contributed by atoms with E-state index in [0.29, 0.717) is 10.8 Å². The Morgan fingerprint density at radius 1 is 1.12 bits per heavy atom. The van der Waals surface area contributed by atoms with Gasteiger partial charge >= 0.3 is 0 Å². The molecule has 2 amide bonds. The number of fused-ring (bicyclic) bond motifs is 3. The maximum Gasteiger partial charge on any atom is 0.261 e. The first-order chi connectivity index (χ1) is 12.6. The van der Waals surface area contributed by atoms with Gasteiger partial charge in [0, 0.05) is 35.6 Å². The summed E-state index contributed by atoms with van der Waals surface area (Å²) in [4.78, 5) is 28.3. The minimum atomic E-state index is -0.102. The van der Waals surface area contributed by atoms with Crippen molar-refractivity contribution in [2.45, 2.75) is 25.8 Å². The van der Waals surface area contributed by atoms with Crippen LogP contribution in [-0.4, -0.2) is 42.4 Å². The predicted molar refractivity (Wildman–Crippen MR) is 104 cm³/mol. The lowest BCUT2D eigenvalue weighted by atomic mass is 9.84. The molecule has 3 aliphatic rings. The molecule has 2 aromatic rings. The Hall–Kier alpha value is -2.18. The molecule has 1 unspecified atom stereocenters. The number of nitrogens with one attached hydrogen (secondary N) is 2. The van der Waals surface area contributed by atoms with Gasteiger partial charge in [-0.1, -0.05) is 18.2 Å². The van der Waals surface area contributed by atoms with Crippen molar-refractivity contribution in [1.82, 2.24) is 10.2 Å². The van der Waals surface area contributed by atoms with Crippen LogP contribution in [0.4, 0.5) is 5.69 Å². The molecule has 0 aliphatic carbocycles. The SMILES string of the molecule is CC(=O)Nc1ccccc1-c1ccc(C(=O)NC2CN3CCC2CC3)s1. The number of para-hydroxylation sites is 1. The minimum absolute atomic E-state index is 0.0111. The first-order valence-corrected chi connectivity index (χ1v) is 9.92. The Morgan fingerprint density at radius 3 is 2.58 bits per heavy atom. The molecule has 3 aliphatic heterocycles. The van der Waals surface area contributed by atoms with E-state index in [1.807, 2.05) is 36.4 Å². The average molecular weight is 369 g/mol. The fourth-order valence-corrected chi connectivity index (χ4v) is 4.92. The molecular formula is C20H23N3O2S. The fourth-order valence-electron chi connectivity index (χ4n) is 3.97. The number of hydrogen-bond donors (Lipinski definition) is 2. The number of anilines is 1. The number of benzene rings is 1. The fraction of sp³-hybridized carbons (Fsp3) is 0.400. The van der Waals surface area contributed by atoms with Gasteiger partial charge in [0.05, 0.1) is 4.88 Å². The molecule has 136 valence electrons. The second-order valence-corrected chi connectivity index (χ2v) is 8.19. The Balaban J connectivity index is 1.50. The molecule has 26 heavy (non-hydrogen) atoms. The van der Waals surface area contributed by atoms with Gasteiger partial charge in [-0.2, -0.15) is 0 Å². The van der Waals surface area contributed by atoms with Gasteiger partial charge in [0.1, 0.15) is 0 Å². The van der Waals surface area contributed by atoms with E-state index < -0.39 is 0 Å². The molecule has 1 aromatic heterocycles. The molecule has 2 N–H and O–H groups in total. The highest BCUT2D eigenvalue weighted by Gasteiger charge is 2.35. The zero-order valence-corrected chi connectivity index (χ0v) is 15.6. The molecule has 5 rings (SSSR count). The van der Waals surface area contributed by atoms with Crippen LogP contribution in [0.25, 0.3) is 10.4 Å². The van der Waals surface area contributed by atoms with E-state index in [0.717, 1.165) is 22.7 Å². The Labute approximate surface area is 157 Å². The lowest BCUT2D eigenvalue weighted by molar-refractivity contribution is -0.114. The van der Waals surface area contributed by atoms with Crippen LogP contribution in [0.5, 0.6) is 0 Å². The van der Waals surface area contributed by atoms with E-state index in [4.69, 9.17) is 0 Å². The topological polar surface area (TPSA) is 61.4 Å². The average Bonchev–Trinajstić information content (AvgIpc) is 3.13. The second-order valence-electron chi connectivity index (χ2n) is 7.11. The smallest absolute Gasteiger partial charge is 0.261 e. The zero-order valence-electron chi connectivity index (χ0n) is 14.8. The van der Waals surface area contributed by atoms with E-state index in [9.17, 15) is 9.59 Å². The van der Waals surface area contributed by atoms with Crippen LogP contribution >= 0.6 is 11.3 Å². The third kappa shape index (κ3) is 3.52. The second kappa shape index (κ2) is 7.21. The van der Waals surface area contributed by atoms with Crippen molar-refractivity contribution < 1.29 is 9.59 Å². The van der Waals surface area contributed by atoms with Crippen molar-refractivity contribution in [2.75, 3.05) is 25.0 Å². The lowest BCUT2D eigenvalue weighted by Gasteiger charge is -2.44. The summed E-state index contributed by atoms with van der Waals surface area (Å²) in [5.41, 5.74) is 1.71. The molecule has 2 bridgehead atoms. The minimum Gasteiger partial charge on any atom is -0.347 e. The van der Waals surface area contributed by atoms with Crippen molar-refractivity contribution in [3.63, 3.8) is 0 Å². The van der Waals surface area contributed by atoms with Crippen molar-refractivity contribution in [3.8, 4) is 10.4 Å². The number of rotatable bonds is 4. The Bertz CT molecular complexity index is 824. The third-order valence-corrected chi connectivity index (χ3v) is 6.42. The molecule has 6 heteroatoms. The molecule has 3 saturated heterocycles. The van der Waals surface area contributed by atoms with Gasteiger partial charge in [-0.05, 0) is 50.0 Å².